The summed E-state index contributed by atoms with van der Waals surface area (Å²) < 4.78 is 45.7. The largest absolute Gasteiger partial charge is 0.496 e. The van der Waals surface area contributed by atoms with Crippen molar-refractivity contribution in [3.8, 4) is 5.75 Å². The van der Waals surface area contributed by atoms with Crippen molar-refractivity contribution >= 4 is 0 Å². The minimum atomic E-state index is -1.15. The Kier molecular flexibility index (Phi) is 3.76. The second-order valence-electron chi connectivity index (χ2n) is 3.98. The van der Waals surface area contributed by atoms with Gasteiger partial charge in [-0.25, -0.2) is 13.2 Å². The monoisotopic (exact) mass is 267 g/mol. The lowest BCUT2D eigenvalue weighted by Crippen LogP contribution is -2.17. The molecule has 0 amide bonds. The van der Waals surface area contributed by atoms with E-state index in [9.17, 15) is 13.2 Å². The second kappa shape index (κ2) is 5.32. The fourth-order valence-corrected chi connectivity index (χ4v) is 1.91. The molecule has 2 aromatic rings. The molecule has 100 valence electrons. The molecule has 2 N–H and O–H groups in total. The zero-order valence-corrected chi connectivity index (χ0v) is 10.2. The summed E-state index contributed by atoms with van der Waals surface area (Å²) in [7, 11) is 1.35. The van der Waals surface area contributed by atoms with Gasteiger partial charge in [-0.1, -0.05) is 18.2 Å². The smallest absolute Gasteiger partial charge is 0.163 e. The van der Waals surface area contributed by atoms with Gasteiger partial charge in [-0.05, 0) is 18.2 Å². The van der Waals surface area contributed by atoms with E-state index in [1.54, 1.807) is 0 Å². The number of ether oxygens (including phenoxy) is 1. The van der Waals surface area contributed by atoms with E-state index in [-0.39, 0.29) is 16.9 Å². The molecule has 0 aliphatic rings. The second-order valence-corrected chi connectivity index (χ2v) is 3.98. The van der Waals surface area contributed by atoms with Crippen molar-refractivity contribution in [3.05, 3.63) is 65.0 Å². The number of rotatable bonds is 3. The lowest BCUT2D eigenvalue weighted by Gasteiger charge is -2.17. The fourth-order valence-electron chi connectivity index (χ4n) is 1.91. The summed E-state index contributed by atoms with van der Waals surface area (Å²) in [6, 6.07) is 6.61. The maximum absolute atomic E-state index is 13.8. The summed E-state index contributed by atoms with van der Waals surface area (Å²) in [4.78, 5) is 0. The Morgan fingerprint density at radius 2 is 1.63 bits per heavy atom. The van der Waals surface area contributed by atoms with Gasteiger partial charge in [-0.3, -0.25) is 0 Å². The van der Waals surface area contributed by atoms with Crippen LogP contribution in [0.25, 0.3) is 0 Å². The Balaban J connectivity index is 2.56. The molecule has 0 heterocycles. The van der Waals surface area contributed by atoms with Crippen LogP contribution in [-0.2, 0) is 0 Å². The molecular weight excluding hydrogens is 255 g/mol. The number of nitrogens with two attached hydrogens (primary N) is 1. The number of methoxy groups -OCH3 is 1. The fraction of sp³-hybridized carbons (Fsp3) is 0.143. The summed E-state index contributed by atoms with van der Waals surface area (Å²) in [6.07, 6.45) is 0. The van der Waals surface area contributed by atoms with E-state index < -0.39 is 23.5 Å². The number of hydrogen-bond donors (Lipinski definition) is 1. The van der Waals surface area contributed by atoms with E-state index in [0.29, 0.717) is 0 Å². The minimum absolute atomic E-state index is 0.00509. The molecule has 2 nitrogen and oxygen atoms in total. The maximum Gasteiger partial charge on any atom is 0.163 e. The van der Waals surface area contributed by atoms with Crippen molar-refractivity contribution < 1.29 is 17.9 Å². The molecule has 0 aliphatic carbocycles. The molecule has 0 bridgehead atoms. The number of halogens is 3. The van der Waals surface area contributed by atoms with Crippen LogP contribution in [0.15, 0.2) is 36.4 Å². The quantitative estimate of drug-likeness (QED) is 0.927. The van der Waals surface area contributed by atoms with Gasteiger partial charge >= 0.3 is 0 Å². The predicted octanol–water partition coefficient (Wildman–Crippen LogP) is 3.16. The molecule has 0 spiro atoms. The van der Waals surface area contributed by atoms with Gasteiger partial charge in [-0.15, -0.1) is 0 Å². The third kappa shape index (κ3) is 2.42. The van der Waals surface area contributed by atoms with E-state index in [1.165, 1.54) is 37.4 Å². The first-order valence-electron chi connectivity index (χ1n) is 5.58. The lowest BCUT2D eigenvalue weighted by molar-refractivity contribution is 0.400. The first kappa shape index (κ1) is 13.4. The van der Waals surface area contributed by atoms with Crippen molar-refractivity contribution in [1.82, 2.24) is 0 Å². The van der Waals surface area contributed by atoms with Crippen molar-refractivity contribution in [2.45, 2.75) is 6.04 Å². The molecule has 1 unspecified atom stereocenters. The minimum Gasteiger partial charge on any atom is -0.496 e. The van der Waals surface area contributed by atoms with Crippen LogP contribution >= 0.6 is 0 Å². The normalized spacial score (nSPS) is 12.3. The zero-order chi connectivity index (χ0) is 14.0. The Bertz CT molecular complexity index is 601. The molecule has 0 aromatic heterocycles. The number of hydrogen-bond acceptors (Lipinski definition) is 2. The lowest BCUT2D eigenvalue weighted by atomic mass is 9.97. The summed E-state index contributed by atoms with van der Waals surface area (Å²) in [5.41, 5.74) is 5.71. The van der Waals surface area contributed by atoms with Gasteiger partial charge in [0.2, 0.25) is 0 Å². The van der Waals surface area contributed by atoms with Crippen molar-refractivity contribution in [1.29, 1.82) is 0 Å². The summed E-state index contributed by atoms with van der Waals surface area (Å²) in [6.45, 7) is 0. The molecule has 2 rings (SSSR count). The molecular formula is C14H12F3NO. The average molecular weight is 267 g/mol. The highest BCUT2D eigenvalue weighted by molar-refractivity contribution is 5.42. The molecule has 2 aromatic carbocycles. The molecule has 0 saturated carbocycles. The highest BCUT2D eigenvalue weighted by atomic mass is 19.2. The van der Waals surface area contributed by atoms with Gasteiger partial charge in [0.1, 0.15) is 11.6 Å². The average Bonchev–Trinajstić information content (AvgIpc) is 2.40. The molecule has 19 heavy (non-hydrogen) atoms. The van der Waals surface area contributed by atoms with Gasteiger partial charge in [0.05, 0.1) is 18.7 Å². The summed E-state index contributed by atoms with van der Waals surface area (Å²) in [5, 5.41) is 0. The van der Waals surface area contributed by atoms with Crippen LogP contribution in [0.1, 0.15) is 17.2 Å². The van der Waals surface area contributed by atoms with Crippen LogP contribution in [-0.4, -0.2) is 7.11 Å². The molecule has 0 radical (unpaired) electrons. The van der Waals surface area contributed by atoms with Gasteiger partial charge in [0.25, 0.3) is 0 Å². The SMILES string of the molecule is COc1cccc(F)c1C(N)c1cccc(F)c1F. The zero-order valence-electron chi connectivity index (χ0n) is 10.2. The van der Waals surface area contributed by atoms with Gasteiger partial charge in [-0.2, -0.15) is 0 Å². The van der Waals surface area contributed by atoms with E-state index in [2.05, 4.69) is 0 Å². The van der Waals surface area contributed by atoms with Gasteiger partial charge in [0, 0.05) is 5.56 Å². The van der Waals surface area contributed by atoms with Crippen LogP contribution in [0.4, 0.5) is 13.2 Å². The highest BCUT2D eigenvalue weighted by Gasteiger charge is 2.22. The highest BCUT2D eigenvalue weighted by Crippen LogP contribution is 2.32. The Hall–Kier alpha value is -2.01. The molecule has 5 heteroatoms. The molecule has 0 saturated heterocycles. The topological polar surface area (TPSA) is 35.2 Å². The van der Waals surface area contributed by atoms with Crippen LogP contribution < -0.4 is 10.5 Å². The van der Waals surface area contributed by atoms with Crippen molar-refractivity contribution in [2.24, 2.45) is 5.73 Å². The third-order valence-electron chi connectivity index (χ3n) is 2.86. The van der Waals surface area contributed by atoms with Crippen LogP contribution in [0.5, 0.6) is 5.75 Å². The van der Waals surface area contributed by atoms with E-state index in [1.807, 2.05) is 0 Å². The number of benzene rings is 2. The maximum atomic E-state index is 13.8. The van der Waals surface area contributed by atoms with Gasteiger partial charge < -0.3 is 10.5 Å². The van der Waals surface area contributed by atoms with E-state index in [4.69, 9.17) is 10.5 Å². The Morgan fingerprint density at radius 1 is 1.00 bits per heavy atom. The molecule has 0 aliphatic heterocycles. The van der Waals surface area contributed by atoms with Crippen LogP contribution in [0.3, 0.4) is 0 Å². The predicted molar refractivity (Wildman–Crippen MR) is 65.3 cm³/mol. The standard InChI is InChI=1S/C14H12F3NO/c1-19-11-7-3-5-9(15)12(11)14(18)8-4-2-6-10(16)13(8)17/h2-7,14H,18H2,1H3. The summed E-state index contributed by atoms with van der Waals surface area (Å²) >= 11 is 0. The van der Waals surface area contributed by atoms with Crippen LogP contribution in [0.2, 0.25) is 0 Å². The van der Waals surface area contributed by atoms with E-state index >= 15 is 0 Å². The molecule has 0 fully saturated rings. The Labute approximate surface area is 108 Å². The van der Waals surface area contributed by atoms with Crippen LogP contribution in [0, 0.1) is 17.5 Å². The Morgan fingerprint density at radius 3 is 2.32 bits per heavy atom. The molecule has 1 atom stereocenters. The van der Waals surface area contributed by atoms with Crippen molar-refractivity contribution in [2.75, 3.05) is 7.11 Å². The first-order chi connectivity index (χ1) is 9.06. The first-order valence-corrected chi connectivity index (χ1v) is 5.58. The summed E-state index contributed by atoms with van der Waals surface area (Å²) in [5.74, 6) is -2.55. The van der Waals surface area contributed by atoms with E-state index in [0.717, 1.165) is 6.07 Å². The van der Waals surface area contributed by atoms with Crippen molar-refractivity contribution in [3.63, 3.8) is 0 Å². The van der Waals surface area contributed by atoms with Gasteiger partial charge in [0.15, 0.2) is 11.6 Å². The third-order valence-corrected chi connectivity index (χ3v) is 2.86.